The SMILES string of the molecule is Cc1cc(C)c(-n2cc[n+](-c3c(C)cc(C)cc3C)c2)c(C)c1.Cl.[Cl-]. The van der Waals surface area contributed by atoms with Gasteiger partial charge in [-0.15, -0.1) is 12.4 Å². The number of halogens is 2. The van der Waals surface area contributed by atoms with Gasteiger partial charge in [0, 0.05) is 0 Å². The van der Waals surface area contributed by atoms with E-state index in [0.29, 0.717) is 0 Å². The third kappa shape index (κ3) is 4.08. The molecule has 0 fully saturated rings. The standard InChI is InChI=1S/C21H25N2.2ClH/c1-14-9-16(3)20(17(4)10-14)22-7-8-23(13-22)21-18(5)11-15(2)12-19(21)6;;/h7-13H,1-6H3;2*1H/q+1;;/p-1. The first-order valence-corrected chi connectivity index (χ1v) is 8.12. The minimum atomic E-state index is 0. The summed E-state index contributed by atoms with van der Waals surface area (Å²) in [5.74, 6) is 0. The normalized spacial score (nSPS) is 10.2. The summed E-state index contributed by atoms with van der Waals surface area (Å²) >= 11 is 0. The lowest BCUT2D eigenvalue weighted by molar-refractivity contribution is -0.595. The second kappa shape index (κ2) is 8.07. The molecule has 134 valence electrons. The van der Waals surface area contributed by atoms with Crippen molar-refractivity contribution in [1.82, 2.24) is 4.57 Å². The Bertz CT molecular complexity index is 777. The molecule has 1 heterocycles. The molecule has 2 aromatic carbocycles. The van der Waals surface area contributed by atoms with Crippen molar-refractivity contribution in [3.63, 3.8) is 0 Å². The van der Waals surface area contributed by atoms with Crippen molar-refractivity contribution in [2.75, 3.05) is 0 Å². The third-order valence-corrected chi connectivity index (χ3v) is 4.42. The van der Waals surface area contributed by atoms with Crippen molar-refractivity contribution in [2.45, 2.75) is 41.5 Å². The average molecular weight is 377 g/mol. The number of aryl methyl sites for hydroxylation is 6. The Kier molecular flexibility index (Phi) is 6.87. The highest BCUT2D eigenvalue weighted by atomic mass is 35.5. The van der Waals surface area contributed by atoms with Gasteiger partial charge in [0.2, 0.25) is 0 Å². The molecular formula is C21H26Cl2N2. The Hall–Kier alpha value is -1.77. The topological polar surface area (TPSA) is 8.81 Å². The molecule has 0 N–H and O–H groups in total. The summed E-state index contributed by atoms with van der Waals surface area (Å²) in [6.07, 6.45) is 6.46. The lowest BCUT2D eigenvalue weighted by atomic mass is 10.0. The molecule has 25 heavy (non-hydrogen) atoms. The van der Waals surface area contributed by atoms with Crippen LogP contribution in [0.1, 0.15) is 33.4 Å². The molecule has 3 rings (SSSR count). The zero-order chi connectivity index (χ0) is 16.7. The highest BCUT2D eigenvalue weighted by Gasteiger charge is 2.16. The summed E-state index contributed by atoms with van der Waals surface area (Å²) in [5.41, 5.74) is 10.4. The van der Waals surface area contributed by atoms with Crippen LogP contribution in [0.25, 0.3) is 11.4 Å². The molecule has 4 heteroatoms. The number of nitrogens with zero attached hydrogens (tertiary/aromatic N) is 2. The molecule has 0 aliphatic carbocycles. The van der Waals surface area contributed by atoms with Crippen molar-refractivity contribution in [3.05, 3.63) is 76.4 Å². The van der Waals surface area contributed by atoms with E-state index in [9.17, 15) is 0 Å². The Morgan fingerprint density at radius 3 is 1.64 bits per heavy atom. The first-order chi connectivity index (χ1) is 10.9. The van der Waals surface area contributed by atoms with E-state index in [1.165, 1.54) is 44.8 Å². The molecule has 0 radical (unpaired) electrons. The van der Waals surface area contributed by atoms with Crippen LogP contribution in [0, 0.1) is 41.5 Å². The van der Waals surface area contributed by atoms with E-state index in [2.05, 4.69) is 93.7 Å². The van der Waals surface area contributed by atoms with Crippen LogP contribution in [-0.4, -0.2) is 4.57 Å². The highest BCUT2D eigenvalue weighted by molar-refractivity contribution is 5.85. The molecule has 2 nitrogen and oxygen atoms in total. The minimum absolute atomic E-state index is 0. The van der Waals surface area contributed by atoms with Crippen LogP contribution in [0.4, 0.5) is 0 Å². The van der Waals surface area contributed by atoms with Gasteiger partial charge in [-0.05, 0) is 63.8 Å². The molecule has 0 amide bonds. The van der Waals surface area contributed by atoms with Gasteiger partial charge < -0.3 is 12.4 Å². The van der Waals surface area contributed by atoms with Gasteiger partial charge in [-0.3, -0.25) is 0 Å². The molecule has 0 spiro atoms. The second-order valence-corrected chi connectivity index (χ2v) is 6.72. The maximum Gasteiger partial charge on any atom is 0.254 e. The van der Waals surface area contributed by atoms with E-state index in [1.807, 2.05) is 0 Å². The number of hydrogen-bond acceptors (Lipinski definition) is 0. The van der Waals surface area contributed by atoms with Crippen LogP contribution in [0.3, 0.4) is 0 Å². The van der Waals surface area contributed by atoms with Crippen LogP contribution in [0.15, 0.2) is 43.0 Å². The quantitative estimate of drug-likeness (QED) is 0.605. The largest absolute Gasteiger partial charge is 1.00 e. The maximum absolute atomic E-state index is 2.25. The van der Waals surface area contributed by atoms with Gasteiger partial charge in [-0.25, -0.2) is 9.13 Å². The van der Waals surface area contributed by atoms with E-state index >= 15 is 0 Å². The van der Waals surface area contributed by atoms with Gasteiger partial charge in [0.1, 0.15) is 23.8 Å². The summed E-state index contributed by atoms with van der Waals surface area (Å²) < 4.78 is 4.45. The van der Waals surface area contributed by atoms with Crippen molar-refractivity contribution in [2.24, 2.45) is 0 Å². The summed E-state index contributed by atoms with van der Waals surface area (Å²) in [7, 11) is 0. The number of imidazole rings is 1. The summed E-state index contributed by atoms with van der Waals surface area (Å²) in [6.45, 7) is 13.0. The zero-order valence-electron chi connectivity index (χ0n) is 15.7. The maximum atomic E-state index is 2.25. The fraction of sp³-hybridized carbons (Fsp3) is 0.286. The van der Waals surface area contributed by atoms with Crippen LogP contribution in [-0.2, 0) is 0 Å². The van der Waals surface area contributed by atoms with Crippen molar-refractivity contribution < 1.29 is 17.0 Å². The fourth-order valence-electron chi connectivity index (χ4n) is 3.78. The van der Waals surface area contributed by atoms with Gasteiger partial charge in [-0.2, -0.15) is 0 Å². The van der Waals surface area contributed by atoms with E-state index in [4.69, 9.17) is 0 Å². The van der Waals surface area contributed by atoms with Crippen LogP contribution < -0.4 is 17.0 Å². The van der Waals surface area contributed by atoms with Crippen molar-refractivity contribution in [3.8, 4) is 11.4 Å². The third-order valence-electron chi connectivity index (χ3n) is 4.42. The minimum Gasteiger partial charge on any atom is -1.00 e. The fourth-order valence-corrected chi connectivity index (χ4v) is 3.78. The van der Waals surface area contributed by atoms with E-state index in [1.54, 1.807) is 0 Å². The van der Waals surface area contributed by atoms with Gasteiger partial charge in [0.05, 0.1) is 0 Å². The monoisotopic (exact) mass is 376 g/mol. The molecule has 0 saturated heterocycles. The van der Waals surface area contributed by atoms with Crippen molar-refractivity contribution in [1.29, 1.82) is 0 Å². The van der Waals surface area contributed by atoms with Gasteiger partial charge in [-0.1, -0.05) is 35.4 Å². The van der Waals surface area contributed by atoms with Crippen LogP contribution in [0.5, 0.6) is 0 Å². The van der Waals surface area contributed by atoms with Gasteiger partial charge >= 0.3 is 0 Å². The van der Waals surface area contributed by atoms with E-state index in [0.717, 1.165) is 0 Å². The van der Waals surface area contributed by atoms with Crippen LogP contribution >= 0.6 is 12.4 Å². The Morgan fingerprint density at radius 2 is 1.16 bits per heavy atom. The average Bonchev–Trinajstić information content (AvgIpc) is 2.85. The highest BCUT2D eigenvalue weighted by Crippen LogP contribution is 2.21. The van der Waals surface area contributed by atoms with E-state index in [-0.39, 0.29) is 24.8 Å². The number of rotatable bonds is 2. The second-order valence-electron chi connectivity index (χ2n) is 6.72. The predicted octanol–water partition coefficient (Wildman–Crippen LogP) is 2.03. The number of aromatic nitrogens is 2. The van der Waals surface area contributed by atoms with Gasteiger partial charge in [0.25, 0.3) is 6.33 Å². The molecular weight excluding hydrogens is 351 g/mol. The first-order valence-electron chi connectivity index (χ1n) is 8.12. The smallest absolute Gasteiger partial charge is 0.254 e. The summed E-state index contributed by atoms with van der Waals surface area (Å²) in [6, 6.07) is 8.98. The van der Waals surface area contributed by atoms with Crippen LogP contribution in [0.2, 0.25) is 0 Å². The van der Waals surface area contributed by atoms with Crippen molar-refractivity contribution >= 4 is 12.4 Å². The lowest BCUT2D eigenvalue weighted by Gasteiger charge is -2.08. The zero-order valence-corrected chi connectivity index (χ0v) is 17.3. The lowest BCUT2D eigenvalue weighted by Crippen LogP contribution is -3.00. The summed E-state index contributed by atoms with van der Waals surface area (Å²) in [4.78, 5) is 0. The Balaban J connectivity index is 0.00000156. The Labute approximate surface area is 163 Å². The Morgan fingerprint density at radius 1 is 0.720 bits per heavy atom. The first kappa shape index (κ1) is 21.3. The molecule has 0 aliphatic heterocycles. The molecule has 0 unspecified atom stereocenters. The molecule has 0 aliphatic rings. The molecule has 0 bridgehead atoms. The number of hydrogen-bond donors (Lipinski definition) is 0. The predicted molar refractivity (Wildman–Crippen MR) is 103 cm³/mol. The molecule has 1 aromatic heterocycles. The number of benzene rings is 2. The van der Waals surface area contributed by atoms with E-state index < -0.39 is 0 Å². The molecule has 0 atom stereocenters. The molecule has 3 aromatic rings. The molecule has 0 saturated carbocycles. The van der Waals surface area contributed by atoms with Gasteiger partial charge in [0.15, 0.2) is 0 Å². The summed E-state index contributed by atoms with van der Waals surface area (Å²) in [5, 5.41) is 0.